The van der Waals surface area contributed by atoms with Crippen LogP contribution in [0.25, 0.3) is 0 Å². The minimum atomic E-state index is -0.207. The third-order valence-corrected chi connectivity index (χ3v) is 4.08. The van der Waals surface area contributed by atoms with E-state index in [9.17, 15) is 4.79 Å². The number of hydrogen-bond acceptors (Lipinski definition) is 2. The van der Waals surface area contributed by atoms with Gasteiger partial charge in [-0.2, -0.15) is 0 Å². The zero-order valence-corrected chi connectivity index (χ0v) is 14.4. The molecule has 0 saturated heterocycles. The standard InChI is InChI=1S/C19H22ClNO2/c1-13(2)18(14-8-10-16(20)11-9-14)19(22)21-12-15-6-4-5-7-17(15)23-3/h4-11,13,18H,12H2,1-3H3,(H,21,22)/t18-/m0/s1. The van der Waals surface area contributed by atoms with Gasteiger partial charge in [0.2, 0.25) is 5.91 Å². The minimum Gasteiger partial charge on any atom is -0.496 e. The van der Waals surface area contributed by atoms with Crippen molar-refractivity contribution in [3.8, 4) is 5.75 Å². The number of carbonyl (C=O) groups is 1. The summed E-state index contributed by atoms with van der Waals surface area (Å²) in [6.07, 6.45) is 0. The van der Waals surface area contributed by atoms with Gasteiger partial charge in [0.15, 0.2) is 0 Å². The van der Waals surface area contributed by atoms with E-state index in [4.69, 9.17) is 16.3 Å². The predicted octanol–water partition coefficient (Wildman–Crippen LogP) is 4.40. The third-order valence-electron chi connectivity index (χ3n) is 3.82. The molecular formula is C19H22ClNO2. The van der Waals surface area contributed by atoms with Crippen molar-refractivity contribution in [3.63, 3.8) is 0 Å². The van der Waals surface area contributed by atoms with Gasteiger partial charge in [-0.1, -0.05) is 55.8 Å². The highest BCUT2D eigenvalue weighted by Gasteiger charge is 2.24. The van der Waals surface area contributed by atoms with Crippen molar-refractivity contribution < 1.29 is 9.53 Å². The molecule has 0 aliphatic carbocycles. The zero-order valence-electron chi connectivity index (χ0n) is 13.7. The second-order valence-electron chi connectivity index (χ2n) is 5.80. The summed E-state index contributed by atoms with van der Waals surface area (Å²) in [4.78, 5) is 12.7. The quantitative estimate of drug-likeness (QED) is 0.851. The van der Waals surface area contributed by atoms with Crippen LogP contribution in [0, 0.1) is 5.92 Å². The number of rotatable bonds is 6. The molecule has 0 fully saturated rings. The van der Waals surface area contributed by atoms with E-state index in [0.717, 1.165) is 16.9 Å². The van der Waals surface area contributed by atoms with Crippen molar-refractivity contribution in [1.82, 2.24) is 5.32 Å². The van der Waals surface area contributed by atoms with E-state index in [1.807, 2.05) is 62.4 Å². The number of nitrogens with one attached hydrogen (secondary N) is 1. The van der Waals surface area contributed by atoms with Gasteiger partial charge in [0, 0.05) is 17.1 Å². The molecule has 0 bridgehead atoms. The number of carbonyl (C=O) groups excluding carboxylic acids is 1. The fourth-order valence-corrected chi connectivity index (χ4v) is 2.78. The summed E-state index contributed by atoms with van der Waals surface area (Å²) in [5, 5.41) is 3.69. The molecule has 0 aliphatic rings. The first-order valence-electron chi connectivity index (χ1n) is 7.68. The van der Waals surface area contributed by atoms with Gasteiger partial charge < -0.3 is 10.1 Å². The summed E-state index contributed by atoms with van der Waals surface area (Å²) in [7, 11) is 1.63. The fraction of sp³-hybridized carbons (Fsp3) is 0.316. The molecule has 0 unspecified atom stereocenters. The van der Waals surface area contributed by atoms with E-state index in [0.29, 0.717) is 11.6 Å². The lowest BCUT2D eigenvalue weighted by Gasteiger charge is -2.21. The SMILES string of the molecule is COc1ccccc1CNC(=O)[C@H](c1ccc(Cl)cc1)C(C)C. The van der Waals surface area contributed by atoms with Gasteiger partial charge in [-0.05, 0) is 29.7 Å². The van der Waals surface area contributed by atoms with Crippen molar-refractivity contribution >= 4 is 17.5 Å². The second-order valence-corrected chi connectivity index (χ2v) is 6.24. The number of benzene rings is 2. The number of hydrogen-bond donors (Lipinski definition) is 1. The second kappa shape index (κ2) is 8.02. The van der Waals surface area contributed by atoms with Crippen LogP contribution in [0.4, 0.5) is 0 Å². The van der Waals surface area contributed by atoms with Gasteiger partial charge in [-0.15, -0.1) is 0 Å². The lowest BCUT2D eigenvalue weighted by Crippen LogP contribution is -2.31. The number of halogens is 1. The molecule has 0 radical (unpaired) electrons. The van der Waals surface area contributed by atoms with E-state index in [-0.39, 0.29) is 17.7 Å². The van der Waals surface area contributed by atoms with E-state index < -0.39 is 0 Å². The topological polar surface area (TPSA) is 38.3 Å². The summed E-state index contributed by atoms with van der Waals surface area (Å²) < 4.78 is 5.32. The number of amides is 1. The van der Waals surface area contributed by atoms with E-state index in [1.54, 1.807) is 7.11 Å². The number of ether oxygens (including phenoxy) is 1. The Balaban J connectivity index is 2.11. The lowest BCUT2D eigenvalue weighted by molar-refractivity contribution is -0.123. The highest BCUT2D eigenvalue weighted by Crippen LogP contribution is 2.26. The average molecular weight is 332 g/mol. The van der Waals surface area contributed by atoms with Gasteiger partial charge in [0.1, 0.15) is 5.75 Å². The highest BCUT2D eigenvalue weighted by atomic mass is 35.5. The Labute approximate surface area is 142 Å². The molecule has 0 saturated carbocycles. The van der Waals surface area contributed by atoms with Crippen LogP contribution < -0.4 is 10.1 Å². The molecule has 122 valence electrons. The van der Waals surface area contributed by atoms with Crippen LogP contribution in [0.5, 0.6) is 5.75 Å². The largest absolute Gasteiger partial charge is 0.496 e. The van der Waals surface area contributed by atoms with E-state index in [2.05, 4.69) is 5.32 Å². The molecule has 0 aliphatic heterocycles. The molecule has 1 amide bonds. The Bertz CT molecular complexity index is 653. The summed E-state index contributed by atoms with van der Waals surface area (Å²) in [5.41, 5.74) is 1.93. The maximum absolute atomic E-state index is 12.7. The molecule has 0 aromatic heterocycles. The van der Waals surface area contributed by atoms with Crippen LogP contribution in [0.15, 0.2) is 48.5 Å². The van der Waals surface area contributed by atoms with Crippen LogP contribution in [0.1, 0.15) is 30.9 Å². The molecule has 1 atom stereocenters. The summed E-state index contributed by atoms with van der Waals surface area (Å²) in [5.74, 6) is 0.768. The number of para-hydroxylation sites is 1. The van der Waals surface area contributed by atoms with Crippen molar-refractivity contribution in [2.45, 2.75) is 26.3 Å². The first kappa shape index (κ1) is 17.4. The minimum absolute atomic E-state index is 0.00762. The van der Waals surface area contributed by atoms with Crippen LogP contribution in [-0.2, 0) is 11.3 Å². The van der Waals surface area contributed by atoms with Crippen LogP contribution in [0.3, 0.4) is 0 Å². The maximum atomic E-state index is 12.7. The van der Waals surface area contributed by atoms with Gasteiger partial charge in [0.25, 0.3) is 0 Å². The molecule has 0 heterocycles. The Morgan fingerprint density at radius 3 is 2.39 bits per heavy atom. The Hall–Kier alpha value is -2.00. The molecular weight excluding hydrogens is 310 g/mol. The highest BCUT2D eigenvalue weighted by molar-refractivity contribution is 6.30. The van der Waals surface area contributed by atoms with Gasteiger partial charge >= 0.3 is 0 Å². The molecule has 3 nitrogen and oxygen atoms in total. The fourth-order valence-electron chi connectivity index (χ4n) is 2.65. The maximum Gasteiger partial charge on any atom is 0.228 e. The van der Waals surface area contributed by atoms with Gasteiger partial charge in [0.05, 0.1) is 13.0 Å². The molecule has 4 heteroatoms. The smallest absolute Gasteiger partial charge is 0.228 e. The molecule has 23 heavy (non-hydrogen) atoms. The molecule has 1 N–H and O–H groups in total. The first-order valence-corrected chi connectivity index (χ1v) is 8.05. The number of methoxy groups -OCH3 is 1. The normalized spacial score (nSPS) is 12.0. The monoisotopic (exact) mass is 331 g/mol. The van der Waals surface area contributed by atoms with Crippen molar-refractivity contribution in [3.05, 3.63) is 64.7 Å². The van der Waals surface area contributed by atoms with Crippen molar-refractivity contribution in [2.75, 3.05) is 7.11 Å². The van der Waals surface area contributed by atoms with Gasteiger partial charge in [-0.3, -0.25) is 4.79 Å². The molecule has 2 aromatic rings. The predicted molar refractivity (Wildman–Crippen MR) is 93.9 cm³/mol. The Kier molecular flexibility index (Phi) is 6.05. The molecule has 0 spiro atoms. The average Bonchev–Trinajstić information content (AvgIpc) is 2.55. The summed E-state index contributed by atoms with van der Waals surface area (Å²) in [6.45, 7) is 4.53. The van der Waals surface area contributed by atoms with Gasteiger partial charge in [-0.25, -0.2) is 0 Å². The first-order chi connectivity index (χ1) is 11.0. The van der Waals surface area contributed by atoms with Crippen LogP contribution in [0.2, 0.25) is 5.02 Å². The van der Waals surface area contributed by atoms with E-state index >= 15 is 0 Å². The Morgan fingerprint density at radius 1 is 1.13 bits per heavy atom. The van der Waals surface area contributed by atoms with Crippen molar-refractivity contribution in [1.29, 1.82) is 0 Å². The van der Waals surface area contributed by atoms with Crippen molar-refractivity contribution in [2.24, 2.45) is 5.92 Å². The third kappa shape index (κ3) is 4.49. The molecule has 2 aromatic carbocycles. The summed E-state index contributed by atoms with van der Waals surface area (Å²) >= 11 is 5.94. The summed E-state index contributed by atoms with van der Waals surface area (Å²) in [6, 6.07) is 15.1. The zero-order chi connectivity index (χ0) is 16.8. The molecule has 2 rings (SSSR count). The Morgan fingerprint density at radius 2 is 1.78 bits per heavy atom. The van der Waals surface area contributed by atoms with Crippen LogP contribution >= 0.6 is 11.6 Å². The van der Waals surface area contributed by atoms with Crippen LogP contribution in [-0.4, -0.2) is 13.0 Å². The lowest BCUT2D eigenvalue weighted by atomic mass is 9.87. The van der Waals surface area contributed by atoms with E-state index in [1.165, 1.54) is 0 Å².